The van der Waals surface area contributed by atoms with Gasteiger partial charge in [-0.05, 0) is 19.1 Å². The van der Waals surface area contributed by atoms with Crippen LogP contribution in [-0.2, 0) is 10.0 Å². The number of amides is 1. The quantitative estimate of drug-likeness (QED) is 0.816. The lowest BCUT2D eigenvalue weighted by Gasteiger charge is -2.34. The van der Waals surface area contributed by atoms with Crippen LogP contribution in [0.15, 0.2) is 39.8 Å². The zero-order valence-corrected chi connectivity index (χ0v) is 16.0. The highest BCUT2D eigenvalue weighted by molar-refractivity contribution is 7.89. The maximum Gasteiger partial charge on any atom is 0.259 e. The second-order valence-electron chi connectivity index (χ2n) is 6.67. The smallest absolute Gasteiger partial charge is 0.259 e. The van der Waals surface area contributed by atoms with Crippen LogP contribution in [0.4, 0.5) is 0 Å². The molecule has 1 amide bonds. The van der Waals surface area contributed by atoms with Crippen LogP contribution >= 0.6 is 0 Å². The molecule has 26 heavy (non-hydrogen) atoms. The molecule has 0 N–H and O–H groups in total. The van der Waals surface area contributed by atoms with Crippen molar-refractivity contribution in [1.82, 2.24) is 14.4 Å². The van der Waals surface area contributed by atoms with Crippen LogP contribution in [0.1, 0.15) is 41.6 Å². The molecule has 1 aliphatic heterocycles. The van der Waals surface area contributed by atoms with Crippen molar-refractivity contribution in [3.05, 3.63) is 47.3 Å². The summed E-state index contributed by atoms with van der Waals surface area (Å²) >= 11 is 0. The normalized spacial score (nSPS) is 16.2. The van der Waals surface area contributed by atoms with Gasteiger partial charge < -0.3 is 9.42 Å². The standard InChI is InChI=1S/C18H23N3O4S/c1-13(2)17-16(14(3)19-25-17)18(22)20-9-11-21(12-10-20)26(23,24)15-7-5-4-6-8-15/h4-8,13H,9-12H2,1-3H3. The summed E-state index contributed by atoms with van der Waals surface area (Å²) in [6.45, 7) is 6.86. The molecular formula is C18H23N3O4S. The molecule has 8 heteroatoms. The first-order valence-electron chi connectivity index (χ1n) is 8.63. The predicted octanol–water partition coefficient (Wildman–Crippen LogP) is 2.25. The Morgan fingerprint density at radius 2 is 1.73 bits per heavy atom. The van der Waals surface area contributed by atoms with E-state index in [0.29, 0.717) is 30.1 Å². The van der Waals surface area contributed by atoms with E-state index in [1.54, 1.807) is 42.2 Å². The van der Waals surface area contributed by atoms with Gasteiger partial charge in [-0.3, -0.25) is 4.79 Å². The van der Waals surface area contributed by atoms with Gasteiger partial charge in [-0.15, -0.1) is 0 Å². The molecule has 140 valence electrons. The van der Waals surface area contributed by atoms with Crippen LogP contribution in [0, 0.1) is 6.92 Å². The number of rotatable bonds is 4. The number of aryl methyl sites for hydroxylation is 1. The van der Waals surface area contributed by atoms with Crippen molar-refractivity contribution in [2.24, 2.45) is 0 Å². The molecule has 0 radical (unpaired) electrons. The Morgan fingerprint density at radius 1 is 1.12 bits per heavy atom. The summed E-state index contributed by atoms with van der Waals surface area (Å²) in [7, 11) is -3.53. The first-order chi connectivity index (χ1) is 12.3. The van der Waals surface area contributed by atoms with Crippen LogP contribution < -0.4 is 0 Å². The van der Waals surface area contributed by atoms with Crippen LogP contribution in [0.25, 0.3) is 0 Å². The third-order valence-electron chi connectivity index (χ3n) is 4.53. The van der Waals surface area contributed by atoms with E-state index in [9.17, 15) is 13.2 Å². The number of sulfonamides is 1. The number of hydrogen-bond acceptors (Lipinski definition) is 5. The molecule has 2 aromatic rings. The van der Waals surface area contributed by atoms with Gasteiger partial charge in [0.1, 0.15) is 5.56 Å². The second kappa shape index (κ2) is 7.20. The van der Waals surface area contributed by atoms with Crippen molar-refractivity contribution in [3.8, 4) is 0 Å². The molecule has 0 saturated carbocycles. The minimum absolute atomic E-state index is 0.0508. The molecule has 1 fully saturated rings. The summed E-state index contributed by atoms with van der Waals surface area (Å²) in [4.78, 5) is 14.8. The summed E-state index contributed by atoms with van der Waals surface area (Å²) in [5.74, 6) is 0.478. The fraction of sp³-hybridized carbons (Fsp3) is 0.444. The van der Waals surface area contributed by atoms with Crippen molar-refractivity contribution in [3.63, 3.8) is 0 Å². The Kier molecular flexibility index (Phi) is 5.15. The molecule has 0 atom stereocenters. The van der Waals surface area contributed by atoms with Gasteiger partial charge in [0.15, 0.2) is 5.76 Å². The SMILES string of the molecule is Cc1noc(C(C)C)c1C(=O)N1CCN(S(=O)(=O)c2ccccc2)CC1. The van der Waals surface area contributed by atoms with E-state index in [-0.39, 0.29) is 29.8 Å². The minimum atomic E-state index is -3.53. The zero-order valence-electron chi connectivity index (χ0n) is 15.2. The minimum Gasteiger partial charge on any atom is -0.360 e. The summed E-state index contributed by atoms with van der Waals surface area (Å²) < 4.78 is 32.1. The number of piperazine rings is 1. The molecule has 2 heterocycles. The molecule has 0 unspecified atom stereocenters. The lowest BCUT2D eigenvalue weighted by Crippen LogP contribution is -2.50. The molecular weight excluding hydrogens is 354 g/mol. The Morgan fingerprint density at radius 3 is 2.31 bits per heavy atom. The maximum absolute atomic E-state index is 12.9. The lowest BCUT2D eigenvalue weighted by molar-refractivity contribution is 0.0694. The number of carbonyl (C=O) groups is 1. The van der Waals surface area contributed by atoms with E-state index < -0.39 is 10.0 Å². The molecule has 7 nitrogen and oxygen atoms in total. The molecule has 0 bridgehead atoms. The largest absolute Gasteiger partial charge is 0.360 e. The Labute approximate surface area is 153 Å². The van der Waals surface area contributed by atoms with Crippen molar-refractivity contribution < 1.29 is 17.7 Å². The predicted molar refractivity (Wildman–Crippen MR) is 96.4 cm³/mol. The van der Waals surface area contributed by atoms with E-state index in [1.165, 1.54) is 4.31 Å². The monoisotopic (exact) mass is 377 g/mol. The fourth-order valence-electron chi connectivity index (χ4n) is 3.07. The van der Waals surface area contributed by atoms with E-state index >= 15 is 0 Å². The average molecular weight is 377 g/mol. The van der Waals surface area contributed by atoms with Gasteiger partial charge in [-0.1, -0.05) is 37.2 Å². The van der Waals surface area contributed by atoms with Gasteiger partial charge >= 0.3 is 0 Å². The Bertz CT molecular complexity index is 882. The first-order valence-corrected chi connectivity index (χ1v) is 10.1. The van der Waals surface area contributed by atoms with Gasteiger partial charge in [0.05, 0.1) is 10.6 Å². The van der Waals surface area contributed by atoms with E-state index in [0.717, 1.165) is 0 Å². The van der Waals surface area contributed by atoms with E-state index in [2.05, 4.69) is 5.16 Å². The first kappa shape index (κ1) is 18.6. The number of hydrogen-bond donors (Lipinski definition) is 0. The summed E-state index contributed by atoms with van der Waals surface area (Å²) in [5, 5.41) is 3.92. The molecule has 1 saturated heterocycles. The van der Waals surface area contributed by atoms with Crippen LogP contribution in [-0.4, -0.2) is 54.9 Å². The van der Waals surface area contributed by atoms with Gasteiger partial charge in [0, 0.05) is 32.1 Å². The van der Waals surface area contributed by atoms with Crippen molar-refractivity contribution in [1.29, 1.82) is 0 Å². The number of benzene rings is 1. The highest BCUT2D eigenvalue weighted by atomic mass is 32.2. The zero-order chi connectivity index (χ0) is 18.9. The molecule has 0 aliphatic carbocycles. The van der Waals surface area contributed by atoms with E-state index in [4.69, 9.17) is 4.52 Å². The Balaban J connectivity index is 1.73. The maximum atomic E-state index is 12.9. The third-order valence-corrected chi connectivity index (χ3v) is 6.45. The van der Waals surface area contributed by atoms with E-state index in [1.807, 2.05) is 13.8 Å². The van der Waals surface area contributed by atoms with Crippen LogP contribution in [0.5, 0.6) is 0 Å². The fourth-order valence-corrected chi connectivity index (χ4v) is 4.52. The van der Waals surface area contributed by atoms with Crippen molar-refractivity contribution in [2.45, 2.75) is 31.6 Å². The highest BCUT2D eigenvalue weighted by Crippen LogP contribution is 2.25. The molecule has 3 rings (SSSR count). The lowest BCUT2D eigenvalue weighted by atomic mass is 10.0. The number of carbonyl (C=O) groups excluding carboxylic acids is 1. The summed E-state index contributed by atoms with van der Waals surface area (Å²) in [6.07, 6.45) is 0. The second-order valence-corrected chi connectivity index (χ2v) is 8.61. The number of nitrogens with zero attached hydrogens (tertiary/aromatic N) is 3. The topological polar surface area (TPSA) is 83.7 Å². The van der Waals surface area contributed by atoms with Gasteiger partial charge in [0.25, 0.3) is 5.91 Å². The van der Waals surface area contributed by atoms with Crippen LogP contribution in [0.2, 0.25) is 0 Å². The molecule has 1 aromatic carbocycles. The molecule has 0 spiro atoms. The van der Waals surface area contributed by atoms with Crippen LogP contribution in [0.3, 0.4) is 0 Å². The third kappa shape index (κ3) is 3.39. The van der Waals surface area contributed by atoms with Gasteiger partial charge in [-0.2, -0.15) is 4.31 Å². The number of aromatic nitrogens is 1. The highest BCUT2D eigenvalue weighted by Gasteiger charge is 2.33. The molecule has 1 aromatic heterocycles. The van der Waals surface area contributed by atoms with Gasteiger partial charge in [0.2, 0.25) is 10.0 Å². The summed E-state index contributed by atoms with van der Waals surface area (Å²) in [6, 6.07) is 8.36. The Hall–Kier alpha value is -2.19. The van der Waals surface area contributed by atoms with Crippen molar-refractivity contribution >= 4 is 15.9 Å². The van der Waals surface area contributed by atoms with Gasteiger partial charge in [-0.25, -0.2) is 8.42 Å². The average Bonchev–Trinajstić information content (AvgIpc) is 3.04. The molecule has 1 aliphatic rings. The van der Waals surface area contributed by atoms with Crippen molar-refractivity contribution in [2.75, 3.05) is 26.2 Å². The summed E-state index contributed by atoms with van der Waals surface area (Å²) in [5.41, 5.74) is 1.07.